The highest BCUT2D eigenvalue weighted by Gasteiger charge is 2.57. The molecule has 3 fully saturated rings. The maximum Gasteiger partial charge on any atom is 0.311 e. The van der Waals surface area contributed by atoms with E-state index in [-0.39, 0.29) is 25.2 Å². The lowest BCUT2D eigenvalue weighted by Gasteiger charge is -2.49. The number of benzene rings is 2. The van der Waals surface area contributed by atoms with E-state index in [9.17, 15) is 9.90 Å². The maximum absolute atomic E-state index is 15.0. The van der Waals surface area contributed by atoms with Crippen molar-refractivity contribution in [3.8, 4) is 0 Å². The quantitative estimate of drug-likeness (QED) is 0.163. The van der Waals surface area contributed by atoms with Crippen LogP contribution in [0.2, 0.25) is 0 Å². The molecule has 67 heavy (non-hydrogen) atoms. The first-order valence-corrected chi connectivity index (χ1v) is 24.3. The van der Waals surface area contributed by atoms with Crippen molar-refractivity contribution in [2.45, 2.75) is 199 Å². The molecule has 3 saturated heterocycles. The molecular formula is C53H79NO13. The second-order valence-corrected chi connectivity index (χ2v) is 20.5. The van der Waals surface area contributed by atoms with E-state index in [1.807, 2.05) is 135 Å². The van der Waals surface area contributed by atoms with E-state index in [2.05, 4.69) is 0 Å². The Morgan fingerprint density at radius 3 is 2.12 bits per heavy atom. The zero-order chi connectivity index (χ0) is 49.0. The Morgan fingerprint density at radius 1 is 0.910 bits per heavy atom. The van der Waals surface area contributed by atoms with Gasteiger partial charge in [0, 0.05) is 32.8 Å². The second-order valence-electron chi connectivity index (χ2n) is 20.5. The molecule has 14 heteroatoms. The number of esters is 2. The van der Waals surface area contributed by atoms with E-state index in [1.54, 1.807) is 21.0 Å². The average Bonchev–Trinajstić information content (AvgIpc) is 3.60. The van der Waals surface area contributed by atoms with Crippen LogP contribution < -0.4 is 0 Å². The molecule has 4 aliphatic heterocycles. The second kappa shape index (κ2) is 22.1. The number of hydrogen-bond donors (Lipinski definition) is 1. The van der Waals surface area contributed by atoms with E-state index in [0.29, 0.717) is 31.6 Å². The van der Waals surface area contributed by atoms with Gasteiger partial charge < -0.3 is 57.4 Å². The van der Waals surface area contributed by atoms with E-state index in [4.69, 9.17) is 47.4 Å². The first-order chi connectivity index (χ1) is 31.6. The number of rotatable bonds is 16. The molecule has 17 atom stereocenters. The molecule has 0 aliphatic carbocycles. The van der Waals surface area contributed by atoms with Crippen LogP contribution in [0, 0.1) is 17.8 Å². The molecule has 2 bridgehead atoms. The first kappa shape index (κ1) is 52.9. The number of carbonyl (C=O) groups excluding carboxylic acids is 2. The molecule has 4 aliphatic rings. The van der Waals surface area contributed by atoms with Crippen molar-refractivity contribution in [1.82, 2.24) is 4.90 Å². The van der Waals surface area contributed by atoms with Gasteiger partial charge in [-0.15, -0.1) is 0 Å². The molecule has 2 aromatic rings. The molecule has 2 aromatic carbocycles. The summed E-state index contributed by atoms with van der Waals surface area (Å²) >= 11 is 0. The van der Waals surface area contributed by atoms with Gasteiger partial charge in [0.15, 0.2) is 18.7 Å². The van der Waals surface area contributed by atoms with Crippen LogP contribution in [0.3, 0.4) is 0 Å². The lowest BCUT2D eigenvalue weighted by atomic mass is 9.78. The van der Waals surface area contributed by atoms with Gasteiger partial charge in [-0.25, -0.2) is 0 Å². The molecule has 14 nitrogen and oxygen atoms in total. The molecule has 0 amide bonds. The van der Waals surface area contributed by atoms with Gasteiger partial charge in [-0.05, 0) is 92.1 Å². The molecule has 374 valence electrons. The summed E-state index contributed by atoms with van der Waals surface area (Å²) in [6.45, 7) is 21.2. The van der Waals surface area contributed by atoms with Crippen LogP contribution in [0.4, 0.5) is 0 Å². The van der Waals surface area contributed by atoms with Crippen molar-refractivity contribution < 1.29 is 62.1 Å². The summed E-state index contributed by atoms with van der Waals surface area (Å²) in [5, 5.41) is 12.7. The predicted octanol–water partition coefficient (Wildman–Crippen LogP) is 7.91. The number of fused-ring (bicyclic) bond motifs is 2. The molecule has 0 radical (unpaired) electrons. The molecule has 0 saturated carbocycles. The fourth-order valence-electron chi connectivity index (χ4n) is 11.1. The Balaban J connectivity index is 1.40. The van der Waals surface area contributed by atoms with Crippen LogP contribution in [0.25, 0.3) is 0 Å². The number of ether oxygens (including phenoxy) is 10. The van der Waals surface area contributed by atoms with Gasteiger partial charge >= 0.3 is 11.9 Å². The molecule has 1 N–H and O–H groups in total. The number of methoxy groups -OCH3 is 1. The van der Waals surface area contributed by atoms with Crippen molar-refractivity contribution in [3.63, 3.8) is 0 Å². The first-order valence-electron chi connectivity index (χ1n) is 24.3. The summed E-state index contributed by atoms with van der Waals surface area (Å²) in [6.07, 6.45) is -5.63. The number of nitrogens with zero attached hydrogens (tertiary/aromatic N) is 1. The summed E-state index contributed by atoms with van der Waals surface area (Å²) in [4.78, 5) is 29.8. The smallest absolute Gasteiger partial charge is 0.311 e. The van der Waals surface area contributed by atoms with Crippen LogP contribution in [0.1, 0.15) is 113 Å². The van der Waals surface area contributed by atoms with Crippen molar-refractivity contribution in [2.75, 3.05) is 21.2 Å². The van der Waals surface area contributed by atoms with E-state index in [0.717, 1.165) is 16.7 Å². The van der Waals surface area contributed by atoms with Crippen molar-refractivity contribution in [1.29, 1.82) is 0 Å². The van der Waals surface area contributed by atoms with E-state index in [1.165, 1.54) is 6.92 Å². The number of hydrogen-bond acceptors (Lipinski definition) is 14. The van der Waals surface area contributed by atoms with Crippen molar-refractivity contribution in [3.05, 3.63) is 83.1 Å². The van der Waals surface area contributed by atoms with Gasteiger partial charge in [0.25, 0.3) is 0 Å². The Kier molecular flexibility index (Phi) is 17.5. The SMILES string of the molecule is CC[C@@H](OCc1ccccc1)[C@@](C)(O)[C@@H]1OC(=O)[C@H](C)[C@@H](OC2C[C@@](C)(OC)[C@@H](OCc3ccccc3)[C@H](C)O2)[C@H](C)[C@@H](OC2O[C@H](C)C[C@H](N(C)C)[C@H]2OC(C)=O)[C@@]2(C)CC(C)=C(O2)[C@H]1C. The topological polar surface area (TPSA) is 150 Å². The third-order valence-corrected chi connectivity index (χ3v) is 14.7. The van der Waals surface area contributed by atoms with Gasteiger partial charge in [-0.2, -0.15) is 0 Å². The minimum absolute atomic E-state index is 0.219. The van der Waals surface area contributed by atoms with Crippen LogP contribution in [0.5, 0.6) is 0 Å². The average molecular weight is 938 g/mol. The molecule has 0 spiro atoms. The monoisotopic (exact) mass is 938 g/mol. The van der Waals surface area contributed by atoms with Crippen molar-refractivity contribution in [2.24, 2.45) is 17.8 Å². The predicted molar refractivity (Wildman–Crippen MR) is 251 cm³/mol. The number of cyclic esters (lactones) is 1. The fourth-order valence-corrected chi connectivity index (χ4v) is 11.1. The van der Waals surface area contributed by atoms with Gasteiger partial charge in [0.1, 0.15) is 35.3 Å². The third-order valence-electron chi connectivity index (χ3n) is 14.7. The largest absolute Gasteiger partial charge is 0.488 e. The van der Waals surface area contributed by atoms with Gasteiger partial charge in [-0.1, -0.05) is 81.4 Å². The summed E-state index contributed by atoms with van der Waals surface area (Å²) in [7, 11) is 5.55. The summed E-state index contributed by atoms with van der Waals surface area (Å²) in [5.41, 5.74) is -0.699. The Labute approximate surface area is 399 Å². The zero-order valence-corrected chi connectivity index (χ0v) is 42.4. The van der Waals surface area contributed by atoms with Gasteiger partial charge in [0.05, 0.1) is 61.1 Å². The number of aliphatic hydroxyl groups is 1. The Hall–Kier alpha value is -3.44. The molecular weight excluding hydrogens is 859 g/mol. The van der Waals surface area contributed by atoms with E-state index >= 15 is 4.79 Å². The number of carbonyl (C=O) groups is 2. The van der Waals surface area contributed by atoms with Crippen LogP contribution in [-0.4, -0.2) is 127 Å². The fraction of sp³-hybridized carbons (Fsp3) is 0.698. The minimum Gasteiger partial charge on any atom is -0.488 e. The van der Waals surface area contributed by atoms with Crippen LogP contribution in [0.15, 0.2) is 72.0 Å². The summed E-state index contributed by atoms with van der Waals surface area (Å²) in [6, 6.07) is 19.5. The molecule has 2 unspecified atom stereocenters. The molecule has 6 rings (SSSR count). The van der Waals surface area contributed by atoms with E-state index < -0.39 is 102 Å². The Morgan fingerprint density at radius 2 is 1.54 bits per heavy atom. The highest BCUT2D eigenvalue weighted by atomic mass is 16.7. The highest BCUT2D eigenvalue weighted by Crippen LogP contribution is 2.49. The number of likely N-dealkylation sites (N-methyl/N-ethyl adjacent to an activating group) is 1. The van der Waals surface area contributed by atoms with Crippen LogP contribution in [-0.2, 0) is 70.2 Å². The summed E-state index contributed by atoms with van der Waals surface area (Å²) in [5.74, 6) is -2.61. The lowest BCUT2D eigenvalue weighted by molar-refractivity contribution is -0.321. The van der Waals surface area contributed by atoms with Gasteiger partial charge in [0.2, 0.25) is 0 Å². The maximum atomic E-state index is 15.0. The minimum atomic E-state index is -1.68. The van der Waals surface area contributed by atoms with Crippen LogP contribution >= 0.6 is 0 Å². The molecule has 4 heterocycles. The zero-order valence-electron chi connectivity index (χ0n) is 42.4. The summed E-state index contributed by atoms with van der Waals surface area (Å²) < 4.78 is 66.6. The standard InChI is InChI=1S/C53H79NO13/c1-15-41(59-29-38-22-18-16-19-23-38)53(11,57)47-33(4)43-31(2)27-52(10,67-43)46(66-50-45(63-37(8)55)40(54(12)13)26-32(3)61-50)34(5)44(35(6)49(56)65-47)64-42-28-51(9,58-14)48(36(7)62-42)60-30-39-24-20-17-21-25-39/h16-25,32-36,40-42,44-48,50,57H,15,26-30H2,1-14H3/t32-,33-,34+,35-,36+,40+,41-,42?,44+,45-,46-,47-,48+,50?,51-,52-,53-/m1/s1. The molecule has 0 aromatic heterocycles. The Bertz CT molecular complexity index is 1960. The van der Waals surface area contributed by atoms with Crippen molar-refractivity contribution >= 4 is 11.9 Å². The highest BCUT2D eigenvalue weighted by molar-refractivity contribution is 5.73. The lowest BCUT2D eigenvalue weighted by Crippen LogP contribution is -2.61. The third kappa shape index (κ3) is 12.0. The van der Waals surface area contributed by atoms with Gasteiger partial charge in [-0.3, -0.25) is 9.59 Å². The normalized spacial score (nSPS) is 37.5.